The van der Waals surface area contributed by atoms with Crippen molar-refractivity contribution < 1.29 is 39.1 Å². The first-order valence-corrected chi connectivity index (χ1v) is 13.1. The summed E-state index contributed by atoms with van der Waals surface area (Å²) in [5.41, 5.74) is 4.51. The third-order valence-corrected chi connectivity index (χ3v) is 6.69. The van der Waals surface area contributed by atoms with Gasteiger partial charge in [0.25, 0.3) is 0 Å². The number of urea groups is 1. The van der Waals surface area contributed by atoms with E-state index >= 15 is 0 Å². The largest absolute Gasteiger partial charge is 0.394 e. The van der Waals surface area contributed by atoms with Gasteiger partial charge in [0.2, 0.25) is 0 Å². The molecular formula is C25H45N3O8. The number of unbranched alkanes of at least 4 members (excludes halogenated alkanes) is 10. The highest BCUT2D eigenvalue weighted by Gasteiger charge is 2.48. The zero-order chi connectivity index (χ0) is 26.4. The lowest BCUT2D eigenvalue weighted by Crippen LogP contribution is -2.66. The monoisotopic (exact) mass is 515 g/mol. The Hall–Kier alpha value is -1.60. The standard InChI is InChI=1S/C25H45N3O8/c1-34-18-35-16-12-10-8-6-4-2-3-5-7-9-11-13-20(30)25(26)14-15-28(24(33)27-25)23-22(32)21(31)19(17-29)36-23/h14-15,19,21-23,29,31-32H,2-13,16-18,26H2,1H3,(H,27,33)/t19-,21-,22+,23-,25?/m1/s1. The van der Waals surface area contributed by atoms with Crippen LogP contribution < -0.4 is 11.1 Å². The fourth-order valence-electron chi connectivity index (χ4n) is 4.45. The number of nitrogens with two attached hydrogens (primary N) is 1. The van der Waals surface area contributed by atoms with Crippen molar-refractivity contribution in [2.45, 2.75) is 107 Å². The fraction of sp³-hybridized carbons (Fsp3) is 0.840. The smallest absolute Gasteiger partial charge is 0.325 e. The summed E-state index contributed by atoms with van der Waals surface area (Å²) in [6.07, 6.45) is 10.2. The molecule has 36 heavy (non-hydrogen) atoms. The molecule has 2 heterocycles. The number of hydrogen-bond donors (Lipinski definition) is 5. The van der Waals surface area contributed by atoms with Gasteiger partial charge < -0.3 is 34.8 Å². The quantitative estimate of drug-likeness (QED) is 0.127. The number of ether oxygens (including phenoxy) is 3. The molecule has 1 unspecified atom stereocenters. The summed E-state index contributed by atoms with van der Waals surface area (Å²) in [5.74, 6) is -0.291. The van der Waals surface area contributed by atoms with Crippen molar-refractivity contribution in [3.8, 4) is 0 Å². The van der Waals surface area contributed by atoms with Gasteiger partial charge in [-0.2, -0.15) is 0 Å². The number of hydrogen-bond acceptors (Lipinski definition) is 9. The third-order valence-electron chi connectivity index (χ3n) is 6.69. The molecule has 1 fully saturated rings. The molecule has 0 aliphatic carbocycles. The van der Waals surface area contributed by atoms with Crippen LogP contribution in [0.5, 0.6) is 0 Å². The maximum atomic E-state index is 12.7. The highest BCUT2D eigenvalue weighted by Crippen LogP contribution is 2.26. The number of aliphatic hydroxyl groups excluding tert-OH is 3. The van der Waals surface area contributed by atoms with Crippen LogP contribution in [0.2, 0.25) is 0 Å². The number of methoxy groups -OCH3 is 1. The minimum absolute atomic E-state index is 0.253. The van der Waals surface area contributed by atoms with E-state index in [9.17, 15) is 24.9 Å². The lowest BCUT2D eigenvalue weighted by Gasteiger charge is -2.36. The van der Waals surface area contributed by atoms with Gasteiger partial charge in [-0.25, -0.2) is 4.79 Å². The maximum absolute atomic E-state index is 12.7. The summed E-state index contributed by atoms with van der Waals surface area (Å²) in [4.78, 5) is 26.2. The Morgan fingerprint density at radius 2 is 1.64 bits per heavy atom. The minimum atomic E-state index is -1.62. The Labute approximate surface area is 213 Å². The molecule has 11 heteroatoms. The van der Waals surface area contributed by atoms with E-state index in [1.807, 2.05) is 0 Å². The van der Waals surface area contributed by atoms with Gasteiger partial charge in [-0.05, 0) is 18.9 Å². The molecule has 0 radical (unpaired) electrons. The SMILES string of the molecule is COCOCCCCCCCCCCCCCC(=O)C1(N)C=CN([C@@H]2O[C@H](CO)[C@@H](O)[C@@H]2O)C(=O)N1. The van der Waals surface area contributed by atoms with E-state index in [1.54, 1.807) is 7.11 Å². The first-order chi connectivity index (χ1) is 17.3. The molecule has 208 valence electrons. The molecule has 0 aromatic carbocycles. The lowest BCUT2D eigenvalue weighted by molar-refractivity contribution is -0.124. The molecule has 0 aromatic rings. The van der Waals surface area contributed by atoms with Crippen LogP contribution in [-0.4, -0.2) is 89.4 Å². The molecule has 5 atom stereocenters. The van der Waals surface area contributed by atoms with Gasteiger partial charge in [0, 0.05) is 26.3 Å². The number of rotatable bonds is 19. The topological polar surface area (TPSA) is 164 Å². The van der Waals surface area contributed by atoms with E-state index in [1.165, 1.54) is 50.8 Å². The summed E-state index contributed by atoms with van der Waals surface area (Å²) in [5, 5.41) is 31.7. The van der Waals surface area contributed by atoms with Crippen LogP contribution >= 0.6 is 0 Å². The molecule has 0 bridgehead atoms. The van der Waals surface area contributed by atoms with Crippen molar-refractivity contribution in [1.82, 2.24) is 10.2 Å². The zero-order valence-corrected chi connectivity index (χ0v) is 21.5. The van der Waals surface area contributed by atoms with E-state index < -0.39 is 42.8 Å². The number of nitrogens with one attached hydrogen (secondary N) is 1. The molecule has 1 saturated heterocycles. The van der Waals surface area contributed by atoms with Crippen molar-refractivity contribution in [2.24, 2.45) is 5.73 Å². The number of carbonyl (C=O) groups excluding carboxylic acids is 2. The Balaban J connectivity index is 1.55. The minimum Gasteiger partial charge on any atom is -0.394 e. The van der Waals surface area contributed by atoms with E-state index in [4.69, 9.17) is 19.9 Å². The van der Waals surface area contributed by atoms with Crippen molar-refractivity contribution in [3.63, 3.8) is 0 Å². The van der Waals surface area contributed by atoms with E-state index in [0.29, 0.717) is 13.2 Å². The molecule has 2 aliphatic rings. The second-order valence-electron chi connectivity index (χ2n) is 9.63. The number of carbonyl (C=O) groups is 2. The predicted molar refractivity (Wildman–Crippen MR) is 132 cm³/mol. The van der Waals surface area contributed by atoms with Gasteiger partial charge in [0.1, 0.15) is 25.1 Å². The van der Waals surface area contributed by atoms with Crippen molar-refractivity contribution in [3.05, 3.63) is 12.3 Å². The molecule has 0 spiro atoms. The third kappa shape index (κ3) is 9.37. The molecule has 2 aliphatic heterocycles. The number of nitrogens with zero attached hydrogens (tertiary/aromatic N) is 1. The zero-order valence-electron chi connectivity index (χ0n) is 21.5. The van der Waals surface area contributed by atoms with Crippen LogP contribution in [0.1, 0.15) is 77.0 Å². The van der Waals surface area contributed by atoms with Crippen molar-refractivity contribution in [2.75, 3.05) is 27.1 Å². The van der Waals surface area contributed by atoms with Crippen LogP contribution in [-0.2, 0) is 19.0 Å². The Bertz CT molecular complexity index is 694. The number of Topliss-reactive ketones (excluding diaryl/α,β-unsaturated/α-hetero) is 1. The van der Waals surface area contributed by atoms with Crippen molar-refractivity contribution in [1.29, 1.82) is 0 Å². The summed E-state index contributed by atoms with van der Waals surface area (Å²) in [6.45, 7) is 0.633. The van der Waals surface area contributed by atoms with Crippen LogP contribution in [0, 0.1) is 0 Å². The van der Waals surface area contributed by atoms with E-state index in [-0.39, 0.29) is 12.2 Å². The van der Waals surface area contributed by atoms with Gasteiger partial charge in [-0.3, -0.25) is 15.4 Å². The van der Waals surface area contributed by atoms with Crippen LogP contribution in [0.25, 0.3) is 0 Å². The van der Waals surface area contributed by atoms with Gasteiger partial charge in [-0.15, -0.1) is 0 Å². The van der Waals surface area contributed by atoms with Crippen LogP contribution in [0.3, 0.4) is 0 Å². The van der Waals surface area contributed by atoms with Gasteiger partial charge in [-0.1, -0.05) is 57.8 Å². The highest BCUT2D eigenvalue weighted by atomic mass is 16.7. The Morgan fingerprint density at radius 1 is 1.06 bits per heavy atom. The first-order valence-electron chi connectivity index (χ1n) is 13.1. The Kier molecular flexibility index (Phi) is 13.9. The molecular weight excluding hydrogens is 470 g/mol. The molecule has 0 saturated carbocycles. The molecule has 2 rings (SSSR count). The van der Waals surface area contributed by atoms with E-state index in [0.717, 1.165) is 37.2 Å². The Morgan fingerprint density at radius 3 is 2.17 bits per heavy atom. The molecule has 0 aromatic heterocycles. The summed E-state index contributed by atoms with van der Waals surface area (Å²) >= 11 is 0. The summed E-state index contributed by atoms with van der Waals surface area (Å²) in [6, 6.07) is -0.720. The van der Waals surface area contributed by atoms with Crippen LogP contribution in [0.15, 0.2) is 12.3 Å². The molecule has 6 N–H and O–H groups in total. The average molecular weight is 516 g/mol. The van der Waals surface area contributed by atoms with Gasteiger partial charge >= 0.3 is 6.03 Å². The fourth-order valence-corrected chi connectivity index (χ4v) is 4.45. The molecule has 2 amide bonds. The van der Waals surface area contributed by atoms with Crippen molar-refractivity contribution >= 4 is 11.8 Å². The molecule has 11 nitrogen and oxygen atoms in total. The van der Waals surface area contributed by atoms with Gasteiger partial charge in [0.15, 0.2) is 17.7 Å². The second kappa shape index (κ2) is 16.3. The number of aliphatic hydroxyl groups is 3. The second-order valence-corrected chi connectivity index (χ2v) is 9.63. The first kappa shape index (κ1) is 30.6. The maximum Gasteiger partial charge on any atom is 0.325 e. The predicted octanol–water partition coefficient (Wildman–Crippen LogP) is 1.49. The van der Waals surface area contributed by atoms with Crippen LogP contribution in [0.4, 0.5) is 4.79 Å². The highest BCUT2D eigenvalue weighted by molar-refractivity contribution is 5.95. The lowest BCUT2D eigenvalue weighted by atomic mass is 9.98. The van der Waals surface area contributed by atoms with E-state index in [2.05, 4.69) is 5.32 Å². The number of ketones is 1. The summed E-state index contributed by atoms with van der Waals surface area (Å²) < 4.78 is 15.5. The average Bonchev–Trinajstić information content (AvgIpc) is 3.14. The van der Waals surface area contributed by atoms with Gasteiger partial charge in [0.05, 0.1) is 6.61 Å². The summed E-state index contributed by atoms with van der Waals surface area (Å²) in [7, 11) is 1.63. The number of amides is 2. The normalized spacial score (nSPS) is 28.0.